The number of alkyl halides is 2. The van der Waals surface area contributed by atoms with Crippen molar-refractivity contribution in [1.29, 1.82) is 0 Å². The first-order valence-corrected chi connectivity index (χ1v) is 7.34. The van der Waals surface area contributed by atoms with Crippen LogP contribution in [0.5, 0.6) is 5.75 Å². The number of rotatable bonds is 6. The first-order chi connectivity index (χ1) is 11.0. The Morgan fingerprint density at radius 2 is 1.78 bits per heavy atom. The van der Waals surface area contributed by atoms with Gasteiger partial charge in [-0.05, 0) is 42.7 Å². The van der Waals surface area contributed by atoms with Gasteiger partial charge in [0.2, 0.25) is 5.91 Å². The smallest absolute Gasteiger partial charge is 0.387 e. The van der Waals surface area contributed by atoms with Crippen molar-refractivity contribution in [2.24, 2.45) is 0 Å². The Bertz CT molecular complexity index is 656. The van der Waals surface area contributed by atoms with E-state index in [4.69, 9.17) is 0 Å². The van der Waals surface area contributed by atoms with Gasteiger partial charge in [0.25, 0.3) is 0 Å². The van der Waals surface area contributed by atoms with E-state index in [1.165, 1.54) is 12.1 Å². The molecule has 2 rings (SSSR count). The summed E-state index contributed by atoms with van der Waals surface area (Å²) >= 11 is 0. The molecular formula is C18H19F2NO2. The van der Waals surface area contributed by atoms with Crippen LogP contribution in [-0.2, 0) is 11.2 Å². The minimum atomic E-state index is -2.84. The standard InChI is InChI=1S/C18H19F2NO2/c1-12-5-3-4-6-15(12)11-17(22)21-13(2)14-7-9-16(10-8-14)23-18(19)20/h3-10,13,18H,11H2,1-2H3,(H,21,22). The van der Waals surface area contributed by atoms with E-state index < -0.39 is 6.61 Å². The van der Waals surface area contributed by atoms with Crippen LogP contribution in [0.3, 0.4) is 0 Å². The Balaban J connectivity index is 1.94. The fraction of sp³-hybridized carbons (Fsp3) is 0.278. The first kappa shape index (κ1) is 16.9. The molecule has 1 amide bonds. The highest BCUT2D eigenvalue weighted by Gasteiger charge is 2.12. The van der Waals surface area contributed by atoms with Gasteiger partial charge in [0, 0.05) is 0 Å². The topological polar surface area (TPSA) is 38.3 Å². The van der Waals surface area contributed by atoms with Gasteiger partial charge in [0.15, 0.2) is 0 Å². The molecule has 5 heteroatoms. The molecular weight excluding hydrogens is 300 g/mol. The summed E-state index contributed by atoms with van der Waals surface area (Å²) < 4.78 is 28.5. The molecule has 0 saturated heterocycles. The van der Waals surface area contributed by atoms with Crippen LogP contribution in [-0.4, -0.2) is 12.5 Å². The van der Waals surface area contributed by atoms with Crippen molar-refractivity contribution >= 4 is 5.91 Å². The Hall–Kier alpha value is -2.43. The zero-order valence-corrected chi connectivity index (χ0v) is 13.1. The van der Waals surface area contributed by atoms with Crippen LogP contribution in [0.15, 0.2) is 48.5 Å². The van der Waals surface area contributed by atoms with E-state index in [1.54, 1.807) is 12.1 Å². The number of halogens is 2. The third kappa shape index (κ3) is 5.06. The Labute approximate surface area is 134 Å². The average Bonchev–Trinajstić information content (AvgIpc) is 2.49. The molecule has 0 heterocycles. The summed E-state index contributed by atoms with van der Waals surface area (Å²) in [4.78, 5) is 12.1. The molecule has 0 bridgehead atoms. The summed E-state index contributed by atoms with van der Waals surface area (Å²) in [5, 5.41) is 2.90. The molecule has 0 aromatic heterocycles. The maximum atomic E-state index is 12.1. The van der Waals surface area contributed by atoms with Gasteiger partial charge in [0.1, 0.15) is 5.75 Å². The number of carbonyl (C=O) groups excluding carboxylic acids is 1. The highest BCUT2D eigenvalue weighted by atomic mass is 19.3. The van der Waals surface area contributed by atoms with E-state index in [0.717, 1.165) is 16.7 Å². The number of carbonyl (C=O) groups is 1. The Kier molecular flexibility index (Phi) is 5.68. The second-order valence-corrected chi connectivity index (χ2v) is 5.34. The van der Waals surface area contributed by atoms with E-state index in [0.29, 0.717) is 6.42 Å². The van der Waals surface area contributed by atoms with E-state index >= 15 is 0 Å². The molecule has 0 saturated carbocycles. The molecule has 0 fully saturated rings. The largest absolute Gasteiger partial charge is 0.435 e. The van der Waals surface area contributed by atoms with Gasteiger partial charge in [0.05, 0.1) is 12.5 Å². The van der Waals surface area contributed by atoms with E-state index in [-0.39, 0.29) is 17.7 Å². The fourth-order valence-corrected chi connectivity index (χ4v) is 2.30. The van der Waals surface area contributed by atoms with Crippen LogP contribution in [0, 0.1) is 6.92 Å². The van der Waals surface area contributed by atoms with Crippen molar-refractivity contribution in [3.05, 3.63) is 65.2 Å². The van der Waals surface area contributed by atoms with Crippen molar-refractivity contribution in [3.8, 4) is 5.75 Å². The Morgan fingerprint density at radius 1 is 1.13 bits per heavy atom. The van der Waals surface area contributed by atoms with Crippen LogP contribution in [0.4, 0.5) is 8.78 Å². The van der Waals surface area contributed by atoms with Crippen molar-refractivity contribution < 1.29 is 18.3 Å². The number of amides is 1. The van der Waals surface area contributed by atoms with E-state index in [9.17, 15) is 13.6 Å². The highest BCUT2D eigenvalue weighted by molar-refractivity contribution is 5.79. The molecule has 0 radical (unpaired) electrons. The van der Waals surface area contributed by atoms with Crippen LogP contribution in [0.1, 0.15) is 29.7 Å². The number of aryl methyl sites for hydroxylation is 1. The summed E-state index contributed by atoms with van der Waals surface area (Å²) in [5.74, 6) is 0.0156. The molecule has 1 atom stereocenters. The van der Waals surface area contributed by atoms with E-state index in [2.05, 4.69) is 10.1 Å². The second-order valence-electron chi connectivity index (χ2n) is 5.34. The van der Waals surface area contributed by atoms with Crippen LogP contribution < -0.4 is 10.1 Å². The minimum Gasteiger partial charge on any atom is -0.435 e. The van der Waals surface area contributed by atoms with Gasteiger partial charge < -0.3 is 10.1 Å². The van der Waals surface area contributed by atoms with Crippen LogP contribution >= 0.6 is 0 Å². The molecule has 2 aromatic carbocycles. The molecule has 0 aliphatic heterocycles. The van der Waals surface area contributed by atoms with Gasteiger partial charge in [-0.2, -0.15) is 8.78 Å². The van der Waals surface area contributed by atoms with E-state index in [1.807, 2.05) is 38.1 Å². The van der Waals surface area contributed by atoms with Crippen molar-refractivity contribution in [2.45, 2.75) is 32.9 Å². The molecule has 0 spiro atoms. The molecule has 0 aliphatic rings. The fourth-order valence-electron chi connectivity index (χ4n) is 2.30. The van der Waals surface area contributed by atoms with Gasteiger partial charge in [-0.15, -0.1) is 0 Å². The average molecular weight is 319 g/mol. The van der Waals surface area contributed by atoms with Gasteiger partial charge >= 0.3 is 6.61 Å². The van der Waals surface area contributed by atoms with Crippen LogP contribution in [0.2, 0.25) is 0 Å². The Morgan fingerprint density at radius 3 is 2.39 bits per heavy atom. The zero-order chi connectivity index (χ0) is 16.8. The summed E-state index contributed by atoms with van der Waals surface area (Å²) in [5.41, 5.74) is 2.88. The summed E-state index contributed by atoms with van der Waals surface area (Å²) in [6, 6.07) is 13.8. The third-order valence-corrected chi connectivity index (χ3v) is 3.60. The van der Waals surface area contributed by atoms with Gasteiger partial charge in [-0.25, -0.2) is 0 Å². The van der Waals surface area contributed by atoms with Crippen molar-refractivity contribution in [2.75, 3.05) is 0 Å². The lowest BCUT2D eigenvalue weighted by molar-refractivity contribution is -0.121. The predicted octanol–water partition coefficient (Wildman–Crippen LogP) is 4.02. The molecule has 3 nitrogen and oxygen atoms in total. The minimum absolute atomic E-state index is 0.0836. The van der Waals surface area contributed by atoms with Crippen LogP contribution in [0.25, 0.3) is 0 Å². The lowest BCUT2D eigenvalue weighted by atomic mass is 10.0. The summed E-state index contributed by atoms with van der Waals surface area (Å²) in [7, 11) is 0. The third-order valence-electron chi connectivity index (χ3n) is 3.60. The first-order valence-electron chi connectivity index (χ1n) is 7.34. The lowest BCUT2D eigenvalue weighted by Gasteiger charge is -2.15. The monoisotopic (exact) mass is 319 g/mol. The molecule has 122 valence electrons. The number of hydrogen-bond acceptors (Lipinski definition) is 2. The van der Waals surface area contributed by atoms with Gasteiger partial charge in [-0.3, -0.25) is 4.79 Å². The number of nitrogens with one attached hydrogen (secondary N) is 1. The molecule has 2 aromatic rings. The number of benzene rings is 2. The maximum Gasteiger partial charge on any atom is 0.387 e. The molecule has 1 N–H and O–H groups in total. The second kappa shape index (κ2) is 7.72. The summed E-state index contributed by atoms with van der Waals surface area (Å²) in [6.45, 7) is 0.971. The normalized spacial score (nSPS) is 12.0. The van der Waals surface area contributed by atoms with Gasteiger partial charge in [-0.1, -0.05) is 36.4 Å². The number of hydrogen-bond donors (Lipinski definition) is 1. The molecule has 0 aliphatic carbocycles. The zero-order valence-electron chi connectivity index (χ0n) is 13.1. The highest BCUT2D eigenvalue weighted by Crippen LogP contribution is 2.19. The maximum absolute atomic E-state index is 12.1. The number of ether oxygens (including phenoxy) is 1. The quantitative estimate of drug-likeness (QED) is 0.873. The lowest BCUT2D eigenvalue weighted by Crippen LogP contribution is -2.28. The molecule has 1 unspecified atom stereocenters. The summed E-state index contributed by atoms with van der Waals surface area (Å²) in [6.07, 6.45) is 0.309. The van der Waals surface area contributed by atoms with Crippen molar-refractivity contribution in [1.82, 2.24) is 5.32 Å². The van der Waals surface area contributed by atoms with Crippen molar-refractivity contribution in [3.63, 3.8) is 0 Å². The SMILES string of the molecule is Cc1ccccc1CC(=O)NC(C)c1ccc(OC(F)F)cc1. The molecule has 23 heavy (non-hydrogen) atoms. The predicted molar refractivity (Wildman–Crippen MR) is 84.5 cm³/mol.